The van der Waals surface area contributed by atoms with Gasteiger partial charge in [-0.2, -0.15) is 0 Å². The van der Waals surface area contributed by atoms with Crippen molar-refractivity contribution in [3.63, 3.8) is 0 Å². The second-order valence-corrected chi connectivity index (χ2v) is 7.69. The van der Waals surface area contributed by atoms with Gasteiger partial charge in [-0.1, -0.05) is 35.5 Å². The van der Waals surface area contributed by atoms with Gasteiger partial charge in [0.25, 0.3) is 0 Å². The molecule has 0 radical (unpaired) electrons. The third-order valence-electron chi connectivity index (χ3n) is 4.56. The summed E-state index contributed by atoms with van der Waals surface area (Å²) in [5, 5.41) is 9.47. The molecule has 2 unspecified atom stereocenters. The van der Waals surface area contributed by atoms with E-state index < -0.39 is 0 Å². The summed E-state index contributed by atoms with van der Waals surface area (Å²) < 4.78 is 7.67. The average Bonchev–Trinajstić information content (AvgIpc) is 3.04. The molecule has 2 aromatic rings. The average molecular weight is 375 g/mol. The summed E-state index contributed by atoms with van der Waals surface area (Å²) in [7, 11) is 0. The summed E-state index contributed by atoms with van der Waals surface area (Å²) in [5.41, 5.74) is 2.24. The predicted octanol–water partition coefficient (Wildman–Crippen LogP) is 3.00. The van der Waals surface area contributed by atoms with Gasteiger partial charge in [0, 0.05) is 18.7 Å². The van der Waals surface area contributed by atoms with Crippen LogP contribution in [-0.2, 0) is 16.1 Å². The predicted molar refractivity (Wildman–Crippen MR) is 103 cm³/mol. The van der Waals surface area contributed by atoms with Crippen LogP contribution in [-0.4, -0.2) is 56.6 Å². The van der Waals surface area contributed by atoms with Crippen molar-refractivity contribution in [1.29, 1.82) is 0 Å². The number of carbonyl (C=O) groups excluding carboxylic acids is 1. The molecule has 0 spiro atoms. The fourth-order valence-electron chi connectivity index (χ4n) is 3.14. The number of nitrogens with zero attached hydrogens (tertiary/aromatic N) is 4. The van der Waals surface area contributed by atoms with Gasteiger partial charge in [0.1, 0.15) is 0 Å². The number of thioether (sulfide) groups is 1. The van der Waals surface area contributed by atoms with Crippen LogP contribution < -0.4 is 0 Å². The highest BCUT2D eigenvalue weighted by Gasteiger charge is 2.27. The second kappa shape index (κ2) is 8.22. The molecule has 1 aromatic carbocycles. The van der Waals surface area contributed by atoms with Crippen molar-refractivity contribution in [3.05, 3.63) is 29.8 Å². The summed E-state index contributed by atoms with van der Waals surface area (Å²) in [6, 6.07) is 8.35. The number of amides is 1. The largest absolute Gasteiger partial charge is 0.375 e. The van der Waals surface area contributed by atoms with E-state index in [4.69, 9.17) is 4.74 Å². The number of benzene rings is 1. The Bertz CT molecular complexity index is 777. The molecule has 1 aliphatic rings. The summed E-state index contributed by atoms with van der Waals surface area (Å²) in [5.74, 6) is 1.34. The Morgan fingerprint density at radius 1 is 1.35 bits per heavy atom. The summed E-state index contributed by atoms with van der Waals surface area (Å²) in [6.07, 6.45) is 0.0902. The number of hydrogen-bond donors (Lipinski definition) is 0. The van der Waals surface area contributed by atoms with Crippen molar-refractivity contribution >= 4 is 17.7 Å². The number of hydrogen-bond acceptors (Lipinski definition) is 5. The van der Waals surface area contributed by atoms with Crippen LogP contribution in [0.2, 0.25) is 0 Å². The number of rotatable bonds is 5. The first kappa shape index (κ1) is 18.9. The molecule has 0 aliphatic carbocycles. The molecule has 1 fully saturated rings. The molecule has 0 N–H and O–H groups in total. The molecular formula is C19H26N4O2S. The second-order valence-electron chi connectivity index (χ2n) is 6.75. The molecule has 2 heterocycles. The monoisotopic (exact) mass is 374 g/mol. The highest BCUT2D eigenvalue weighted by Crippen LogP contribution is 2.25. The fourth-order valence-corrected chi connectivity index (χ4v) is 4.03. The van der Waals surface area contributed by atoms with Gasteiger partial charge in [0.15, 0.2) is 11.0 Å². The Morgan fingerprint density at radius 2 is 2.15 bits per heavy atom. The zero-order valence-electron chi connectivity index (χ0n) is 15.8. The number of ether oxygens (including phenoxy) is 1. The minimum absolute atomic E-state index is 0.0902. The first-order valence-corrected chi connectivity index (χ1v) is 10.0. The van der Waals surface area contributed by atoms with Crippen LogP contribution in [0.25, 0.3) is 11.4 Å². The lowest BCUT2D eigenvalue weighted by Crippen LogP contribution is -2.50. The fraction of sp³-hybridized carbons (Fsp3) is 0.526. The van der Waals surface area contributed by atoms with Crippen molar-refractivity contribution in [2.75, 3.05) is 18.9 Å². The van der Waals surface area contributed by atoms with Crippen LogP contribution in [0.15, 0.2) is 29.4 Å². The molecule has 1 aromatic heterocycles. The van der Waals surface area contributed by atoms with E-state index in [0.29, 0.717) is 18.9 Å². The van der Waals surface area contributed by atoms with Gasteiger partial charge >= 0.3 is 0 Å². The minimum Gasteiger partial charge on any atom is -0.375 e. The molecule has 26 heavy (non-hydrogen) atoms. The number of morpholine rings is 1. The van der Waals surface area contributed by atoms with Crippen LogP contribution in [0, 0.1) is 6.92 Å². The molecular weight excluding hydrogens is 348 g/mol. The lowest BCUT2D eigenvalue weighted by molar-refractivity contribution is -0.140. The van der Waals surface area contributed by atoms with E-state index in [-0.39, 0.29) is 18.1 Å². The van der Waals surface area contributed by atoms with Gasteiger partial charge in [-0.25, -0.2) is 0 Å². The SMILES string of the molecule is CCn1c(SCC(=O)N2CC(C)OCC2C)nnc1-c1cccc(C)c1. The Morgan fingerprint density at radius 3 is 2.88 bits per heavy atom. The van der Waals surface area contributed by atoms with Crippen molar-refractivity contribution in [2.24, 2.45) is 0 Å². The van der Waals surface area contributed by atoms with Crippen molar-refractivity contribution < 1.29 is 9.53 Å². The third-order valence-corrected chi connectivity index (χ3v) is 5.51. The Labute approximate surface area is 158 Å². The van der Waals surface area contributed by atoms with Crippen molar-refractivity contribution in [1.82, 2.24) is 19.7 Å². The standard InChI is InChI=1S/C19H26N4O2S/c1-5-22-18(16-8-6-7-13(2)9-16)20-21-19(22)26-12-17(24)23-10-15(4)25-11-14(23)3/h6-9,14-15H,5,10-12H2,1-4H3. The van der Waals surface area contributed by atoms with Crippen LogP contribution in [0.3, 0.4) is 0 Å². The zero-order chi connectivity index (χ0) is 18.7. The van der Waals surface area contributed by atoms with Gasteiger partial charge in [-0.15, -0.1) is 10.2 Å². The van der Waals surface area contributed by atoms with Gasteiger partial charge in [-0.3, -0.25) is 4.79 Å². The maximum atomic E-state index is 12.6. The first-order chi connectivity index (χ1) is 12.5. The molecule has 1 amide bonds. The van der Waals surface area contributed by atoms with Crippen molar-refractivity contribution in [3.8, 4) is 11.4 Å². The number of aromatic nitrogens is 3. The summed E-state index contributed by atoms with van der Waals surface area (Å²) in [4.78, 5) is 14.6. The van der Waals surface area contributed by atoms with Crippen molar-refractivity contribution in [2.45, 2.75) is 51.5 Å². The quantitative estimate of drug-likeness (QED) is 0.753. The highest BCUT2D eigenvalue weighted by atomic mass is 32.2. The third kappa shape index (κ3) is 4.10. The van der Waals surface area contributed by atoms with E-state index in [1.807, 2.05) is 30.9 Å². The van der Waals surface area contributed by atoms with E-state index in [0.717, 1.165) is 23.1 Å². The van der Waals surface area contributed by atoms with Gasteiger partial charge in [-0.05, 0) is 33.8 Å². The Kier molecular flexibility index (Phi) is 5.98. The number of carbonyl (C=O) groups is 1. The molecule has 0 bridgehead atoms. The smallest absolute Gasteiger partial charge is 0.233 e. The van der Waals surface area contributed by atoms with E-state index >= 15 is 0 Å². The van der Waals surface area contributed by atoms with Gasteiger partial charge < -0.3 is 14.2 Å². The Balaban J connectivity index is 1.71. The molecule has 2 atom stereocenters. The van der Waals surface area contributed by atoms with E-state index in [1.165, 1.54) is 17.3 Å². The summed E-state index contributed by atoms with van der Waals surface area (Å²) >= 11 is 1.45. The van der Waals surface area contributed by atoms with Crippen LogP contribution >= 0.6 is 11.8 Å². The minimum atomic E-state index is 0.0902. The molecule has 1 saturated heterocycles. The molecule has 3 rings (SSSR count). The normalized spacial score (nSPS) is 20.4. The van der Waals surface area contributed by atoms with E-state index in [1.54, 1.807) is 0 Å². The van der Waals surface area contributed by atoms with E-state index in [9.17, 15) is 4.79 Å². The molecule has 0 saturated carbocycles. The molecule has 6 nitrogen and oxygen atoms in total. The number of aryl methyl sites for hydroxylation is 1. The van der Waals surface area contributed by atoms with E-state index in [2.05, 4.69) is 40.7 Å². The molecule has 1 aliphatic heterocycles. The maximum Gasteiger partial charge on any atom is 0.233 e. The van der Waals surface area contributed by atoms with Crippen LogP contribution in [0.1, 0.15) is 26.3 Å². The van der Waals surface area contributed by atoms with Crippen LogP contribution in [0.5, 0.6) is 0 Å². The van der Waals surface area contributed by atoms with Gasteiger partial charge in [0.05, 0.1) is 24.5 Å². The van der Waals surface area contributed by atoms with Crippen LogP contribution in [0.4, 0.5) is 0 Å². The topological polar surface area (TPSA) is 60.2 Å². The Hall–Kier alpha value is -1.86. The molecule has 140 valence electrons. The first-order valence-electron chi connectivity index (χ1n) is 9.03. The summed E-state index contributed by atoms with van der Waals surface area (Å²) in [6.45, 7) is 10.2. The highest BCUT2D eigenvalue weighted by molar-refractivity contribution is 7.99. The maximum absolute atomic E-state index is 12.6. The molecule has 7 heteroatoms. The lowest BCUT2D eigenvalue weighted by Gasteiger charge is -2.36. The van der Waals surface area contributed by atoms with Gasteiger partial charge in [0.2, 0.25) is 5.91 Å². The zero-order valence-corrected chi connectivity index (χ0v) is 16.6. The lowest BCUT2D eigenvalue weighted by atomic mass is 10.1.